The van der Waals surface area contributed by atoms with Crippen LogP contribution in [0, 0.1) is 5.92 Å². The molecule has 166 valence electrons. The van der Waals surface area contributed by atoms with Gasteiger partial charge < -0.3 is 5.32 Å². The van der Waals surface area contributed by atoms with Gasteiger partial charge in [0, 0.05) is 22.3 Å². The van der Waals surface area contributed by atoms with Crippen molar-refractivity contribution in [1.29, 1.82) is 0 Å². The van der Waals surface area contributed by atoms with Gasteiger partial charge in [0.2, 0.25) is 17.0 Å². The summed E-state index contributed by atoms with van der Waals surface area (Å²) in [6.45, 7) is 6.11. The van der Waals surface area contributed by atoms with Crippen LogP contribution in [0.1, 0.15) is 51.2 Å². The number of nitrogens with one attached hydrogen (secondary N) is 1. The van der Waals surface area contributed by atoms with Gasteiger partial charge in [-0.3, -0.25) is 18.7 Å². The lowest BCUT2D eigenvalue weighted by molar-refractivity contribution is -0.120. The van der Waals surface area contributed by atoms with E-state index in [0.29, 0.717) is 35.1 Å². The van der Waals surface area contributed by atoms with Gasteiger partial charge >= 0.3 is 0 Å². The third-order valence-corrected chi connectivity index (χ3v) is 6.73. The second-order valence-corrected chi connectivity index (χ2v) is 9.57. The molecule has 2 heterocycles. The summed E-state index contributed by atoms with van der Waals surface area (Å²) in [4.78, 5) is 35.9. The number of fused-ring (bicyclic) bond motifs is 1. The Balaban J connectivity index is 1.99. The molecule has 2 atom stereocenters. The zero-order chi connectivity index (χ0) is 22.5. The molecule has 0 bridgehead atoms. The molecule has 0 aliphatic carbocycles. The molecule has 7 nitrogen and oxygen atoms in total. The number of carbonyl (C=O) groups is 2. The van der Waals surface area contributed by atoms with Gasteiger partial charge in [-0.25, -0.2) is 9.97 Å². The van der Waals surface area contributed by atoms with E-state index in [1.165, 1.54) is 0 Å². The van der Waals surface area contributed by atoms with Crippen LogP contribution in [0.2, 0.25) is 5.02 Å². The van der Waals surface area contributed by atoms with Crippen LogP contribution in [-0.4, -0.2) is 31.7 Å². The van der Waals surface area contributed by atoms with Crippen LogP contribution in [0.25, 0.3) is 0 Å². The van der Waals surface area contributed by atoms with Crippen LogP contribution in [-0.2, 0) is 33.4 Å². The summed E-state index contributed by atoms with van der Waals surface area (Å²) in [6.07, 6.45) is 2.42. The zero-order valence-electron chi connectivity index (χ0n) is 18.0. The maximum atomic E-state index is 12.8. The monoisotopic (exact) mass is 462 g/mol. The highest BCUT2D eigenvalue weighted by Gasteiger charge is 2.34. The first-order chi connectivity index (χ1) is 14.8. The van der Waals surface area contributed by atoms with Crippen molar-refractivity contribution >= 4 is 45.9 Å². The molecule has 1 aromatic carbocycles. The van der Waals surface area contributed by atoms with Crippen molar-refractivity contribution in [2.45, 2.75) is 58.2 Å². The average molecular weight is 463 g/mol. The second-order valence-electron chi connectivity index (χ2n) is 7.67. The Morgan fingerprint density at radius 1 is 1.23 bits per heavy atom. The largest absolute Gasteiger partial charge is 0.310 e. The number of aromatic nitrogens is 2. The molecular formula is C22H27ClN4O3S. The molecule has 1 N–H and O–H groups in total. The molecule has 0 saturated carbocycles. The number of anilines is 2. The normalized spacial score (nSPS) is 15.0. The van der Waals surface area contributed by atoms with Gasteiger partial charge in [0.25, 0.3) is 0 Å². The van der Waals surface area contributed by atoms with Gasteiger partial charge in [0.05, 0.1) is 23.8 Å². The number of hydrogen-bond acceptors (Lipinski definition) is 5. The highest BCUT2D eigenvalue weighted by atomic mass is 35.5. The molecule has 1 aliphatic heterocycles. The molecule has 31 heavy (non-hydrogen) atoms. The molecule has 0 saturated heterocycles. The average Bonchev–Trinajstić information content (AvgIpc) is 3.05. The van der Waals surface area contributed by atoms with Crippen molar-refractivity contribution in [2.24, 2.45) is 5.92 Å². The quantitative estimate of drug-likeness (QED) is 0.566. The van der Waals surface area contributed by atoms with Gasteiger partial charge in [0.15, 0.2) is 0 Å². The number of carbonyl (C=O) groups excluding carboxylic acids is 2. The van der Waals surface area contributed by atoms with Gasteiger partial charge in [-0.1, -0.05) is 50.9 Å². The molecule has 2 amide bonds. The van der Waals surface area contributed by atoms with E-state index in [-0.39, 0.29) is 35.1 Å². The lowest BCUT2D eigenvalue weighted by Crippen LogP contribution is -2.27. The fraction of sp³-hybridized carbons (Fsp3) is 0.455. The van der Waals surface area contributed by atoms with Gasteiger partial charge in [-0.2, -0.15) is 0 Å². The van der Waals surface area contributed by atoms with Crippen molar-refractivity contribution in [2.75, 3.05) is 16.0 Å². The van der Waals surface area contributed by atoms with Crippen molar-refractivity contribution < 1.29 is 13.8 Å². The maximum absolute atomic E-state index is 12.8. The molecule has 2 aromatic rings. The van der Waals surface area contributed by atoms with Crippen molar-refractivity contribution in [3.05, 3.63) is 40.4 Å². The summed E-state index contributed by atoms with van der Waals surface area (Å²) >= 11 is 5.97. The van der Waals surface area contributed by atoms with Crippen LogP contribution in [0.3, 0.4) is 0 Å². The number of halogens is 1. The molecular weight excluding hydrogens is 436 g/mol. The Morgan fingerprint density at radius 3 is 2.58 bits per heavy atom. The molecule has 0 spiro atoms. The molecule has 0 radical (unpaired) electrons. The van der Waals surface area contributed by atoms with E-state index in [1.54, 1.807) is 17.0 Å². The van der Waals surface area contributed by atoms with Crippen molar-refractivity contribution in [3.63, 3.8) is 0 Å². The summed E-state index contributed by atoms with van der Waals surface area (Å²) in [5.41, 5.74) is 1.45. The van der Waals surface area contributed by atoms with Gasteiger partial charge in [-0.05, 0) is 30.5 Å². The van der Waals surface area contributed by atoms with Gasteiger partial charge in [-0.15, -0.1) is 0 Å². The number of benzene rings is 1. The number of hydrogen-bond donors (Lipinski definition) is 1. The highest BCUT2D eigenvalue weighted by Crippen LogP contribution is 2.34. The van der Waals surface area contributed by atoms with Gasteiger partial charge in [0.1, 0.15) is 11.6 Å². The zero-order valence-corrected chi connectivity index (χ0v) is 19.6. The fourth-order valence-corrected chi connectivity index (χ4v) is 4.49. The smallest absolute Gasteiger partial charge is 0.233 e. The van der Waals surface area contributed by atoms with Crippen LogP contribution in [0.4, 0.5) is 11.6 Å². The Labute approximate surface area is 190 Å². The minimum atomic E-state index is -1.42. The number of nitrogens with zero attached hydrogens (tertiary/aromatic N) is 3. The van der Waals surface area contributed by atoms with E-state index < -0.39 is 10.8 Å². The molecule has 2 unspecified atom stereocenters. The first-order valence-corrected chi connectivity index (χ1v) is 12.2. The molecule has 0 fully saturated rings. The molecule has 9 heteroatoms. The summed E-state index contributed by atoms with van der Waals surface area (Å²) in [7, 11) is -1.42. The van der Waals surface area contributed by atoms with Crippen LogP contribution in [0.5, 0.6) is 0 Å². The minimum absolute atomic E-state index is 0.0847. The topological polar surface area (TPSA) is 92.3 Å². The van der Waals surface area contributed by atoms with Crippen LogP contribution in [0.15, 0.2) is 29.4 Å². The SMILES string of the molecule is CCCC(C)C(=O)Nc1nc(S(=O)CCC)nc2c1CC(=O)N2Cc1ccc(Cl)cc1. The lowest BCUT2D eigenvalue weighted by atomic mass is 10.1. The molecule has 1 aromatic heterocycles. The van der Waals surface area contributed by atoms with E-state index in [1.807, 2.05) is 32.9 Å². The first kappa shape index (κ1) is 23.3. The Morgan fingerprint density at radius 2 is 1.94 bits per heavy atom. The third kappa shape index (κ3) is 5.49. The number of amides is 2. The molecule has 1 aliphatic rings. The number of rotatable bonds is 9. The van der Waals surface area contributed by atoms with Crippen LogP contribution >= 0.6 is 11.6 Å². The first-order valence-electron chi connectivity index (χ1n) is 10.5. The lowest BCUT2D eigenvalue weighted by Gasteiger charge is -2.18. The third-order valence-electron chi connectivity index (χ3n) is 5.11. The van der Waals surface area contributed by atoms with Crippen molar-refractivity contribution in [1.82, 2.24) is 9.97 Å². The highest BCUT2D eigenvalue weighted by molar-refractivity contribution is 7.84. The van der Waals surface area contributed by atoms with E-state index in [0.717, 1.165) is 18.4 Å². The summed E-state index contributed by atoms with van der Waals surface area (Å²) in [5, 5.41) is 3.60. The Hall–Kier alpha value is -2.32. The summed E-state index contributed by atoms with van der Waals surface area (Å²) in [5.74, 6) is 0.594. The predicted molar refractivity (Wildman–Crippen MR) is 123 cm³/mol. The predicted octanol–water partition coefficient (Wildman–Crippen LogP) is 4.11. The second kappa shape index (κ2) is 10.3. The summed E-state index contributed by atoms with van der Waals surface area (Å²) < 4.78 is 12.7. The van der Waals surface area contributed by atoms with Crippen molar-refractivity contribution in [3.8, 4) is 0 Å². The molecule has 3 rings (SSSR count). The fourth-order valence-electron chi connectivity index (χ4n) is 3.42. The van der Waals surface area contributed by atoms with E-state index in [9.17, 15) is 13.8 Å². The van der Waals surface area contributed by atoms with E-state index in [4.69, 9.17) is 11.6 Å². The Kier molecular flexibility index (Phi) is 7.78. The van der Waals surface area contributed by atoms with Crippen LogP contribution < -0.4 is 10.2 Å². The maximum Gasteiger partial charge on any atom is 0.233 e. The minimum Gasteiger partial charge on any atom is -0.310 e. The van der Waals surface area contributed by atoms with E-state index >= 15 is 0 Å². The summed E-state index contributed by atoms with van der Waals surface area (Å²) in [6, 6.07) is 7.22. The van der Waals surface area contributed by atoms with E-state index in [2.05, 4.69) is 15.3 Å². The standard InChI is InChI=1S/C22H27ClN4O3S/c1-4-6-14(3)21(29)24-19-17-12-18(28)27(13-15-7-9-16(23)10-8-15)20(17)26-22(25-19)31(30)11-5-2/h7-10,14H,4-6,11-13H2,1-3H3,(H,24,25,26,29). The Bertz CT molecular complexity index is 997.